The van der Waals surface area contributed by atoms with Crippen molar-refractivity contribution in [3.05, 3.63) is 47.2 Å². The lowest BCUT2D eigenvalue weighted by molar-refractivity contribution is -0.127. The molecule has 6 nitrogen and oxygen atoms in total. The summed E-state index contributed by atoms with van der Waals surface area (Å²) < 4.78 is 1.82. The summed E-state index contributed by atoms with van der Waals surface area (Å²) in [5.74, 6) is -0.415. The number of aryl methyl sites for hydroxylation is 1. The molecule has 116 valence electrons. The van der Waals surface area contributed by atoms with Crippen LogP contribution in [0.4, 0.5) is 0 Å². The number of carbonyl (C=O) groups excluding carboxylic acids is 2. The van der Waals surface area contributed by atoms with Gasteiger partial charge in [0, 0.05) is 24.5 Å². The smallest absolute Gasteiger partial charge is 0.248 e. The number of nitrogens with zero attached hydrogens (tertiary/aromatic N) is 2. The molecule has 0 fully saturated rings. The molecule has 1 aromatic heterocycles. The molecule has 2 N–H and O–H groups in total. The van der Waals surface area contributed by atoms with Crippen LogP contribution < -0.4 is 10.9 Å². The number of nitrogens with one attached hydrogen (secondary N) is 2. The summed E-state index contributed by atoms with van der Waals surface area (Å²) in [6.07, 6.45) is 3.63. The van der Waals surface area contributed by atoms with Gasteiger partial charge in [0.2, 0.25) is 11.8 Å². The molecule has 1 heterocycles. The quantitative estimate of drug-likeness (QED) is 0.640. The van der Waals surface area contributed by atoms with Crippen molar-refractivity contribution in [2.24, 2.45) is 7.05 Å². The van der Waals surface area contributed by atoms with Crippen molar-refractivity contribution in [2.45, 2.75) is 11.6 Å². The van der Waals surface area contributed by atoms with E-state index in [1.165, 1.54) is 11.8 Å². The van der Waals surface area contributed by atoms with Gasteiger partial charge in [-0.2, -0.15) is 0 Å². The monoisotopic (exact) mass is 338 g/mol. The number of halogens is 1. The molecule has 0 aliphatic heterocycles. The van der Waals surface area contributed by atoms with Crippen LogP contribution >= 0.6 is 23.4 Å². The predicted molar refractivity (Wildman–Crippen MR) is 85.4 cm³/mol. The summed E-state index contributed by atoms with van der Waals surface area (Å²) in [5, 5.41) is 1.35. The first-order chi connectivity index (χ1) is 10.5. The summed E-state index contributed by atoms with van der Waals surface area (Å²) in [4.78, 5) is 27.5. The zero-order valence-corrected chi connectivity index (χ0v) is 13.4. The fraction of sp³-hybridized carbons (Fsp3) is 0.214. The number of rotatable bonds is 5. The minimum Gasteiger partial charge on any atom is -0.329 e. The average molecular weight is 339 g/mol. The Bertz CT molecular complexity index is 657. The maximum Gasteiger partial charge on any atom is 0.248 e. The lowest BCUT2D eigenvalue weighted by Gasteiger charge is -2.07. The van der Waals surface area contributed by atoms with Crippen molar-refractivity contribution in [2.75, 3.05) is 5.75 Å². The zero-order valence-electron chi connectivity index (χ0n) is 11.9. The van der Waals surface area contributed by atoms with Gasteiger partial charge in [-0.25, -0.2) is 4.98 Å². The molecule has 22 heavy (non-hydrogen) atoms. The van der Waals surface area contributed by atoms with Crippen LogP contribution in [0.2, 0.25) is 5.02 Å². The second-order valence-electron chi connectivity index (χ2n) is 4.51. The summed E-state index contributed by atoms with van der Waals surface area (Å²) in [6, 6.07) is 6.96. The number of carbonyl (C=O) groups is 2. The molecule has 2 rings (SSSR count). The van der Waals surface area contributed by atoms with Gasteiger partial charge in [-0.05, 0) is 17.7 Å². The first-order valence-corrected chi connectivity index (χ1v) is 7.83. The van der Waals surface area contributed by atoms with Crippen molar-refractivity contribution in [3.8, 4) is 0 Å². The van der Waals surface area contributed by atoms with Crippen LogP contribution in [0.5, 0.6) is 0 Å². The molecular weight excluding hydrogens is 324 g/mol. The van der Waals surface area contributed by atoms with Crippen molar-refractivity contribution in [3.63, 3.8) is 0 Å². The number of hydrazine groups is 1. The van der Waals surface area contributed by atoms with E-state index in [0.29, 0.717) is 5.02 Å². The van der Waals surface area contributed by atoms with E-state index >= 15 is 0 Å². The Labute approximate surface area is 137 Å². The Morgan fingerprint density at radius 3 is 2.55 bits per heavy atom. The lowest BCUT2D eigenvalue weighted by Crippen LogP contribution is -2.43. The van der Waals surface area contributed by atoms with Crippen molar-refractivity contribution in [1.29, 1.82) is 0 Å². The van der Waals surface area contributed by atoms with Crippen LogP contribution in [0.3, 0.4) is 0 Å². The second-order valence-corrected chi connectivity index (χ2v) is 5.89. The largest absolute Gasteiger partial charge is 0.329 e. The average Bonchev–Trinajstić information content (AvgIpc) is 2.91. The van der Waals surface area contributed by atoms with Crippen LogP contribution in [0, 0.1) is 0 Å². The fourth-order valence-corrected chi connectivity index (χ4v) is 2.49. The molecule has 0 saturated heterocycles. The summed E-state index contributed by atoms with van der Waals surface area (Å²) in [6.45, 7) is 0. The Balaban J connectivity index is 1.70. The van der Waals surface area contributed by atoms with Crippen molar-refractivity contribution in [1.82, 2.24) is 20.4 Å². The third kappa shape index (κ3) is 5.09. The van der Waals surface area contributed by atoms with Gasteiger partial charge in [-0.3, -0.25) is 20.4 Å². The Morgan fingerprint density at radius 2 is 1.91 bits per heavy atom. The van der Waals surface area contributed by atoms with Gasteiger partial charge >= 0.3 is 0 Å². The third-order valence-corrected chi connectivity index (χ3v) is 4.04. The minimum atomic E-state index is -0.294. The van der Waals surface area contributed by atoms with E-state index in [0.717, 1.165) is 10.7 Å². The van der Waals surface area contributed by atoms with Crippen molar-refractivity contribution >= 4 is 35.2 Å². The van der Waals surface area contributed by atoms with E-state index in [1.54, 1.807) is 36.7 Å². The number of imidazole rings is 1. The maximum absolute atomic E-state index is 11.7. The number of amides is 2. The van der Waals surface area contributed by atoms with E-state index in [9.17, 15) is 9.59 Å². The molecule has 0 saturated carbocycles. The van der Waals surface area contributed by atoms with Gasteiger partial charge in [-0.1, -0.05) is 35.5 Å². The van der Waals surface area contributed by atoms with Crippen LogP contribution in [0.25, 0.3) is 0 Å². The second kappa shape index (κ2) is 7.86. The van der Waals surface area contributed by atoms with E-state index in [4.69, 9.17) is 11.6 Å². The number of hydrogen-bond donors (Lipinski definition) is 2. The molecule has 2 amide bonds. The lowest BCUT2D eigenvalue weighted by atomic mass is 10.1. The van der Waals surface area contributed by atoms with E-state index in [1.807, 2.05) is 11.6 Å². The molecule has 0 aliphatic carbocycles. The number of thioether (sulfide) groups is 1. The highest BCUT2D eigenvalue weighted by molar-refractivity contribution is 7.99. The van der Waals surface area contributed by atoms with Crippen molar-refractivity contribution < 1.29 is 9.59 Å². The normalized spacial score (nSPS) is 10.3. The van der Waals surface area contributed by atoms with E-state index in [-0.39, 0.29) is 24.0 Å². The summed E-state index contributed by atoms with van der Waals surface area (Å²) in [7, 11) is 1.85. The van der Waals surface area contributed by atoms with Gasteiger partial charge in [0.1, 0.15) is 0 Å². The first kappa shape index (κ1) is 16.4. The molecule has 1 aromatic carbocycles. The first-order valence-electron chi connectivity index (χ1n) is 6.47. The Kier molecular flexibility index (Phi) is 5.85. The number of benzene rings is 1. The topological polar surface area (TPSA) is 76.0 Å². The molecule has 0 bridgehead atoms. The zero-order chi connectivity index (χ0) is 15.9. The highest BCUT2D eigenvalue weighted by Gasteiger charge is 2.08. The molecule has 0 spiro atoms. The van der Waals surface area contributed by atoms with Crippen LogP contribution in [-0.4, -0.2) is 27.1 Å². The summed E-state index contributed by atoms with van der Waals surface area (Å²) in [5.41, 5.74) is 5.57. The van der Waals surface area contributed by atoms with Crippen LogP contribution in [0.1, 0.15) is 5.56 Å². The maximum atomic E-state index is 11.7. The van der Waals surface area contributed by atoms with Crippen LogP contribution in [-0.2, 0) is 23.1 Å². The molecular formula is C14H15ClN4O2S. The minimum absolute atomic E-state index is 0.171. The predicted octanol–water partition coefficient (Wildman–Crippen LogP) is 1.56. The fourth-order valence-electron chi connectivity index (χ4n) is 1.63. The van der Waals surface area contributed by atoms with Gasteiger partial charge < -0.3 is 4.57 Å². The standard InChI is InChI=1S/C14H15ClN4O2S/c1-19-7-6-16-14(19)22-9-13(21)18-17-12(20)8-10-2-4-11(15)5-3-10/h2-7H,8-9H2,1H3,(H,17,20)(H,18,21). The highest BCUT2D eigenvalue weighted by Crippen LogP contribution is 2.13. The number of aromatic nitrogens is 2. The van der Waals surface area contributed by atoms with E-state index in [2.05, 4.69) is 15.8 Å². The molecule has 0 radical (unpaired) electrons. The van der Waals surface area contributed by atoms with Gasteiger partial charge in [0.05, 0.1) is 12.2 Å². The molecule has 0 atom stereocenters. The summed E-state index contributed by atoms with van der Waals surface area (Å²) >= 11 is 7.07. The highest BCUT2D eigenvalue weighted by atomic mass is 35.5. The molecule has 0 unspecified atom stereocenters. The van der Waals surface area contributed by atoms with Gasteiger partial charge in [-0.15, -0.1) is 0 Å². The molecule has 0 aliphatic rings. The SMILES string of the molecule is Cn1ccnc1SCC(=O)NNC(=O)Cc1ccc(Cl)cc1. The molecule has 2 aromatic rings. The number of hydrogen-bond acceptors (Lipinski definition) is 4. The van der Waals surface area contributed by atoms with Gasteiger partial charge in [0.25, 0.3) is 0 Å². The van der Waals surface area contributed by atoms with Crippen LogP contribution in [0.15, 0.2) is 41.8 Å². The third-order valence-electron chi connectivity index (χ3n) is 2.73. The Morgan fingerprint density at radius 1 is 1.23 bits per heavy atom. The van der Waals surface area contributed by atoms with Gasteiger partial charge in [0.15, 0.2) is 5.16 Å². The molecule has 8 heteroatoms. The van der Waals surface area contributed by atoms with E-state index < -0.39 is 0 Å². The Hall–Kier alpha value is -1.99.